The van der Waals surface area contributed by atoms with Crippen molar-refractivity contribution in [1.29, 1.82) is 0 Å². The second-order valence-electron chi connectivity index (χ2n) is 8.67. The lowest BCUT2D eigenvalue weighted by Crippen LogP contribution is -2.22. The number of hydrogen-bond acceptors (Lipinski definition) is 5. The molecule has 2 aliphatic rings. The molecule has 2 fully saturated rings. The van der Waals surface area contributed by atoms with Crippen molar-refractivity contribution in [2.75, 3.05) is 27.2 Å². The molecule has 0 unspecified atom stereocenters. The molecule has 0 saturated carbocycles. The van der Waals surface area contributed by atoms with E-state index < -0.39 is 11.7 Å². The van der Waals surface area contributed by atoms with Gasteiger partial charge in [0.2, 0.25) is 0 Å². The van der Waals surface area contributed by atoms with Crippen LogP contribution in [-0.2, 0) is 17.5 Å². The minimum atomic E-state index is -4.53. The van der Waals surface area contributed by atoms with E-state index in [2.05, 4.69) is 29.9 Å². The van der Waals surface area contributed by atoms with Gasteiger partial charge in [0.15, 0.2) is 0 Å². The highest BCUT2D eigenvalue weighted by molar-refractivity contribution is 8.18. The van der Waals surface area contributed by atoms with Gasteiger partial charge in [-0.1, -0.05) is 37.6 Å². The van der Waals surface area contributed by atoms with Crippen molar-refractivity contribution in [2.45, 2.75) is 39.4 Å². The van der Waals surface area contributed by atoms with Crippen molar-refractivity contribution in [3.63, 3.8) is 0 Å². The van der Waals surface area contributed by atoms with Crippen molar-refractivity contribution in [1.82, 2.24) is 19.6 Å². The molecule has 1 aromatic heterocycles. The normalized spacial score (nSPS) is 16.2. The Morgan fingerprint density at radius 1 is 1.05 bits per heavy atom. The summed E-state index contributed by atoms with van der Waals surface area (Å²) in [6, 6.07) is 8.85. The minimum Gasteiger partial charge on any atom is -0.306 e. The van der Waals surface area contributed by atoms with Crippen LogP contribution in [0, 0.1) is 12.8 Å². The molecule has 5 rings (SSSR count). The first-order valence-corrected chi connectivity index (χ1v) is 13.8. The SMILES string of the molecule is C#C.CC.CN1C(=O)S/C(=C\c2ccc3c(cnn3Cc3ccc(Cl)cc3C(F)(F)F)c2)C1=O.CN1CCCC1. The average molecular weight is 593 g/mol. The first-order chi connectivity index (χ1) is 19.0. The quantitative estimate of drug-likeness (QED) is 0.234. The fourth-order valence-corrected chi connectivity index (χ4v) is 5.00. The Morgan fingerprint density at radius 2 is 1.70 bits per heavy atom. The highest BCUT2D eigenvalue weighted by atomic mass is 35.5. The van der Waals surface area contributed by atoms with Gasteiger partial charge in [0, 0.05) is 17.5 Å². The van der Waals surface area contributed by atoms with Crippen LogP contribution in [0.2, 0.25) is 5.02 Å². The summed E-state index contributed by atoms with van der Waals surface area (Å²) in [5, 5.41) is 4.57. The lowest BCUT2D eigenvalue weighted by atomic mass is 10.1. The molecule has 11 heteroatoms. The van der Waals surface area contributed by atoms with E-state index in [9.17, 15) is 22.8 Å². The number of hydrogen-bond donors (Lipinski definition) is 0. The molecule has 214 valence electrons. The van der Waals surface area contributed by atoms with Crippen molar-refractivity contribution in [3.8, 4) is 12.8 Å². The van der Waals surface area contributed by atoms with E-state index in [1.165, 1.54) is 49.8 Å². The molecule has 40 heavy (non-hydrogen) atoms. The zero-order valence-electron chi connectivity index (χ0n) is 22.8. The fraction of sp³-hybridized carbons (Fsp3) is 0.345. The number of thioether (sulfide) groups is 1. The van der Waals surface area contributed by atoms with E-state index in [4.69, 9.17) is 11.6 Å². The van der Waals surface area contributed by atoms with Crippen LogP contribution >= 0.6 is 23.4 Å². The monoisotopic (exact) mass is 592 g/mol. The molecule has 2 aromatic carbocycles. The molecule has 2 aliphatic heterocycles. The van der Waals surface area contributed by atoms with Gasteiger partial charge < -0.3 is 4.90 Å². The number of benzene rings is 2. The predicted octanol–water partition coefficient (Wildman–Crippen LogP) is 7.41. The topological polar surface area (TPSA) is 58.4 Å². The van der Waals surface area contributed by atoms with Crippen LogP contribution in [0.3, 0.4) is 0 Å². The van der Waals surface area contributed by atoms with Crippen LogP contribution < -0.4 is 0 Å². The van der Waals surface area contributed by atoms with Gasteiger partial charge in [0.25, 0.3) is 11.1 Å². The number of rotatable bonds is 3. The van der Waals surface area contributed by atoms with Gasteiger partial charge >= 0.3 is 6.18 Å². The molecular formula is C29H32ClF3N4O2S. The van der Waals surface area contributed by atoms with Crippen molar-refractivity contribution >= 4 is 51.5 Å². The Labute approximate surface area is 242 Å². The van der Waals surface area contributed by atoms with Crippen LogP contribution in [0.25, 0.3) is 17.0 Å². The maximum atomic E-state index is 13.4. The number of carbonyl (C=O) groups is 2. The number of imide groups is 1. The number of carbonyl (C=O) groups excluding carboxylic acids is 2. The van der Waals surface area contributed by atoms with E-state index >= 15 is 0 Å². The molecule has 6 nitrogen and oxygen atoms in total. The predicted molar refractivity (Wildman–Crippen MR) is 157 cm³/mol. The summed E-state index contributed by atoms with van der Waals surface area (Å²) in [5.41, 5.74) is 0.574. The molecule has 0 atom stereocenters. The highest BCUT2D eigenvalue weighted by Gasteiger charge is 2.34. The van der Waals surface area contributed by atoms with E-state index in [1.807, 2.05) is 13.8 Å². The van der Waals surface area contributed by atoms with E-state index in [0.29, 0.717) is 21.4 Å². The third kappa shape index (κ3) is 8.37. The first kappa shape index (κ1) is 32.9. The molecule has 3 heterocycles. The van der Waals surface area contributed by atoms with Gasteiger partial charge in [0.05, 0.1) is 28.7 Å². The minimum absolute atomic E-state index is 0.0116. The van der Waals surface area contributed by atoms with E-state index in [-0.39, 0.29) is 28.3 Å². The second-order valence-corrected chi connectivity index (χ2v) is 10.1. The summed E-state index contributed by atoms with van der Waals surface area (Å²) in [7, 11) is 3.59. The van der Waals surface area contributed by atoms with Crippen LogP contribution in [0.5, 0.6) is 0 Å². The van der Waals surface area contributed by atoms with Crippen molar-refractivity contribution in [3.05, 3.63) is 69.2 Å². The standard InChI is InChI=1S/C20H13ClF3N3O2S.C5H11N.C2H6.C2H2/c1-26-18(28)17(30-19(26)29)7-11-2-5-16-13(6-11)9-25-27(16)10-12-3-4-14(21)8-15(12)20(22,23)24;1-6-4-2-3-5-6;2*1-2/h2-9H,10H2,1H3;2-5H2,1H3;1-2H3;1-2H/b17-7-;;;. The van der Waals surface area contributed by atoms with Gasteiger partial charge in [-0.05, 0) is 86.2 Å². The highest BCUT2D eigenvalue weighted by Crippen LogP contribution is 2.35. The largest absolute Gasteiger partial charge is 0.416 e. The van der Waals surface area contributed by atoms with Crippen molar-refractivity contribution in [2.24, 2.45) is 0 Å². The summed E-state index contributed by atoms with van der Waals surface area (Å²) < 4.78 is 41.5. The van der Waals surface area contributed by atoms with Crippen LogP contribution in [0.15, 0.2) is 47.5 Å². The molecular weight excluding hydrogens is 561 g/mol. The maximum absolute atomic E-state index is 13.4. The third-order valence-electron chi connectivity index (χ3n) is 5.98. The lowest BCUT2D eigenvalue weighted by molar-refractivity contribution is -0.138. The Bertz CT molecular complexity index is 1380. The zero-order valence-corrected chi connectivity index (χ0v) is 24.4. The number of nitrogens with zero attached hydrogens (tertiary/aromatic N) is 4. The van der Waals surface area contributed by atoms with Gasteiger partial charge in [-0.25, -0.2) is 0 Å². The number of aromatic nitrogens is 2. The molecule has 0 bridgehead atoms. The number of halogens is 4. The summed E-state index contributed by atoms with van der Waals surface area (Å²) >= 11 is 6.59. The van der Waals surface area contributed by atoms with Crippen LogP contribution in [0.4, 0.5) is 18.0 Å². The smallest absolute Gasteiger partial charge is 0.306 e. The Morgan fingerprint density at radius 3 is 2.23 bits per heavy atom. The van der Waals surface area contributed by atoms with Gasteiger partial charge in [-0.15, -0.1) is 12.8 Å². The molecule has 0 radical (unpaired) electrons. The van der Waals surface area contributed by atoms with Crippen LogP contribution in [0.1, 0.15) is 43.4 Å². The van der Waals surface area contributed by atoms with Gasteiger partial charge in [0.1, 0.15) is 0 Å². The molecule has 0 aliphatic carbocycles. The Balaban J connectivity index is 0.000000482. The summed E-state index contributed by atoms with van der Waals surface area (Å²) in [6.07, 6.45) is 9.44. The molecule has 0 N–H and O–H groups in total. The number of alkyl halides is 3. The Hall–Kier alpha value is -3.26. The fourth-order valence-electron chi connectivity index (χ4n) is 4.01. The number of terminal acetylenes is 1. The van der Waals surface area contributed by atoms with E-state index in [1.54, 1.807) is 30.5 Å². The molecule has 3 aromatic rings. The molecule has 0 spiro atoms. The van der Waals surface area contributed by atoms with Crippen molar-refractivity contribution < 1.29 is 22.8 Å². The maximum Gasteiger partial charge on any atom is 0.416 e. The summed E-state index contributed by atoms with van der Waals surface area (Å²) in [5.74, 6) is -0.372. The zero-order chi connectivity index (χ0) is 30.0. The summed E-state index contributed by atoms with van der Waals surface area (Å²) in [6.45, 7) is 6.56. The van der Waals surface area contributed by atoms with Gasteiger partial charge in [-0.3, -0.25) is 19.2 Å². The number of likely N-dealkylation sites (tertiary alicyclic amines) is 1. The second kappa shape index (κ2) is 14.9. The third-order valence-corrected chi connectivity index (χ3v) is 7.17. The number of likely N-dealkylation sites (N-methyl/N-ethyl adjacent to an activating group) is 1. The molecule has 2 amide bonds. The number of fused-ring (bicyclic) bond motifs is 1. The van der Waals surface area contributed by atoms with Gasteiger partial charge in [-0.2, -0.15) is 18.3 Å². The average Bonchev–Trinajstić information content (AvgIpc) is 3.64. The Kier molecular flexibility index (Phi) is 12.3. The van der Waals surface area contributed by atoms with E-state index in [0.717, 1.165) is 22.7 Å². The number of amides is 2. The molecule has 2 saturated heterocycles. The first-order valence-electron chi connectivity index (χ1n) is 12.6. The van der Waals surface area contributed by atoms with Crippen LogP contribution in [-0.4, -0.2) is 57.9 Å². The lowest BCUT2D eigenvalue weighted by Gasteiger charge is -2.14. The summed E-state index contributed by atoms with van der Waals surface area (Å²) in [4.78, 5) is 27.4.